The first kappa shape index (κ1) is 15.1. The molecule has 0 bridgehead atoms. The second-order valence-electron chi connectivity index (χ2n) is 4.21. The van der Waals surface area contributed by atoms with Crippen molar-refractivity contribution in [1.82, 2.24) is 4.98 Å². The second-order valence-corrected chi connectivity index (χ2v) is 5.26. The van der Waals surface area contributed by atoms with Gasteiger partial charge in [0.25, 0.3) is 0 Å². The SMILES string of the molecule is COc1ccc(/C=C/C(=O)O)c(CSc2ccncc2)c1. The first-order valence-corrected chi connectivity index (χ1v) is 7.28. The van der Waals surface area contributed by atoms with Crippen molar-refractivity contribution in [2.24, 2.45) is 0 Å². The molecule has 0 aliphatic heterocycles. The Morgan fingerprint density at radius 1 is 1.33 bits per heavy atom. The van der Waals surface area contributed by atoms with E-state index in [2.05, 4.69) is 4.98 Å². The summed E-state index contributed by atoms with van der Waals surface area (Å²) in [5.74, 6) is 0.520. The molecular weight excluding hydrogens is 286 g/mol. The highest BCUT2D eigenvalue weighted by atomic mass is 32.2. The van der Waals surface area contributed by atoms with Crippen molar-refractivity contribution < 1.29 is 14.6 Å². The van der Waals surface area contributed by atoms with Gasteiger partial charge in [0.05, 0.1) is 7.11 Å². The maximum absolute atomic E-state index is 10.7. The largest absolute Gasteiger partial charge is 0.497 e. The molecule has 0 amide bonds. The van der Waals surface area contributed by atoms with Crippen LogP contribution in [0.15, 0.2) is 53.7 Å². The smallest absolute Gasteiger partial charge is 0.328 e. The molecule has 0 radical (unpaired) electrons. The molecule has 0 fully saturated rings. The average molecular weight is 301 g/mol. The number of pyridine rings is 1. The number of benzene rings is 1. The van der Waals surface area contributed by atoms with Crippen LogP contribution in [-0.2, 0) is 10.5 Å². The number of carbonyl (C=O) groups is 1. The van der Waals surface area contributed by atoms with Crippen LogP contribution in [0.5, 0.6) is 5.75 Å². The summed E-state index contributed by atoms with van der Waals surface area (Å²) in [6, 6.07) is 9.49. The van der Waals surface area contributed by atoms with Gasteiger partial charge in [-0.05, 0) is 41.5 Å². The van der Waals surface area contributed by atoms with Crippen LogP contribution in [0, 0.1) is 0 Å². The molecule has 0 atom stereocenters. The number of ether oxygens (including phenoxy) is 1. The fourth-order valence-corrected chi connectivity index (χ4v) is 2.64. The Kier molecular flexibility index (Phi) is 5.40. The number of rotatable bonds is 6. The van der Waals surface area contributed by atoms with E-state index < -0.39 is 5.97 Å². The van der Waals surface area contributed by atoms with Crippen LogP contribution in [0.2, 0.25) is 0 Å². The third-order valence-electron chi connectivity index (χ3n) is 2.80. The van der Waals surface area contributed by atoms with E-state index in [0.717, 1.165) is 33.6 Å². The van der Waals surface area contributed by atoms with E-state index in [9.17, 15) is 4.79 Å². The molecule has 0 saturated carbocycles. The van der Waals surface area contributed by atoms with E-state index in [4.69, 9.17) is 9.84 Å². The molecule has 4 nitrogen and oxygen atoms in total. The lowest BCUT2D eigenvalue weighted by molar-refractivity contribution is -0.131. The van der Waals surface area contributed by atoms with Crippen molar-refractivity contribution >= 4 is 23.8 Å². The Hall–Kier alpha value is -2.27. The van der Waals surface area contributed by atoms with E-state index in [0.29, 0.717) is 0 Å². The molecular formula is C16H15NO3S. The highest BCUT2D eigenvalue weighted by Gasteiger charge is 2.04. The predicted molar refractivity (Wildman–Crippen MR) is 83.5 cm³/mol. The van der Waals surface area contributed by atoms with Gasteiger partial charge in [0.1, 0.15) is 5.75 Å². The standard InChI is InChI=1S/C16H15NO3S/c1-20-14-4-2-12(3-5-16(18)19)13(10-14)11-21-15-6-8-17-9-7-15/h2-10H,11H2,1H3,(H,18,19)/b5-3+. The fraction of sp³-hybridized carbons (Fsp3) is 0.125. The summed E-state index contributed by atoms with van der Waals surface area (Å²) in [6.45, 7) is 0. The van der Waals surface area contributed by atoms with Gasteiger partial charge in [-0.2, -0.15) is 0 Å². The molecule has 2 rings (SSSR count). The summed E-state index contributed by atoms with van der Waals surface area (Å²) in [4.78, 5) is 15.8. The van der Waals surface area contributed by atoms with Gasteiger partial charge in [0, 0.05) is 29.1 Å². The topological polar surface area (TPSA) is 59.4 Å². The summed E-state index contributed by atoms with van der Waals surface area (Å²) in [5.41, 5.74) is 1.90. The molecule has 5 heteroatoms. The third kappa shape index (κ3) is 4.65. The Labute approximate surface area is 127 Å². The third-order valence-corrected chi connectivity index (χ3v) is 3.86. The van der Waals surface area contributed by atoms with Crippen molar-refractivity contribution in [3.8, 4) is 5.75 Å². The van der Waals surface area contributed by atoms with Gasteiger partial charge < -0.3 is 9.84 Å². The molecule has 0 unspecified atom stereocenters. The van der Waals surface area contributed by atoms with Gasteiger partial charge >= 0.3 is 5.97 Å². The van der Waals surface area contributed by atoms with Crippen LogP contribution in [0.4, 0.5) is 0 Å². The Morgan fingerprint density at radius 3 is 2.76 bits per heavy atom. The number of carboxylic acids is 1. The molecule has 21 heavy (non-hydrogen) atoms. The number of aromatic nitrogens is 1. The fourth-order valence-electron chi connectivity index (χ4n) is 1.75. The first-order valence-electron chi connectivity index (χ1n) is 6.30. The van der Waals surface area contributed by atoms with Gasteiger partial charge in [-0.1, -0.05) is 6.07 Å². The number of methoxy groups -OCH3 is 1. The normalized spacial score (nSPS) is 10.7. The minimum absolute atomic E-state index is 0.723. The second kappa shape index (κ2) is 7.50. The predicted octanol–water partition coefficient (Wildman–Crippen LogP) is 3.48. The maximum Gasteiger partial charge on any atom is 0.328 e. The van der Waals surface area contributed by atoms with E-state index in [1.54, 1.807) is 37.3 Å². The van der Waals surface area contributed by atoms with Gasteiger partial charge in [0.15, 0.2) is 0 Å². The van der Waals surface area contributed by atoms with E-state index in [1.165, 1.54) is 0 Å². The zero-order chi connectivity index (χ0) is 15.1. The van der Waals surface area contributed by atoms with Crippen molar-refractivity contribution in [3.05, 3.63) is 59.9 Å². The minimum atomic E-state index is -0.960. The van der Waals surface area contributed by atoms with E-state index in [1.807, 2.05) is 30.3 Å². The number of nitrogens with zero attached hydrogens (tertiary/aromatic N) is 1. The minimum Gasteiger partial charge on any atom is -0.497 e. The Morgan fingerprint density at radius 2 is 2.10 bits per heavy atom. The van der Waals surface area contributed by atoms with Gasteiger partial charge in [-0.15, -0.1) is 11.8 Å². The van der Waals surface area contributed by atoms with Crippen LogP contribution in [0.25, 0.3) is 6.08 Å². The zero-order valence-electron chi connectivity index (χ0n) is 11.5. The van der Waals surface area contributed by atoms with Crippen LogP contribution >= 0.6 is 11.8 Å². The van der Waals surface area contributed by atoms with Gasteiger partial charge in [-0.3, -0.25) is 4.98 Å². The quantitative estimate of drug-likeness (QED) is 0.654. The van der Waals surface area contributed by atoms with Crippen molar-refractivity contribution in [2.75, 3.05) is 7.11 Å². The highest BCUT2D eigenvalue weighted by molar-refractivity contribution is 7.98. The molecule has 2 aromatic rings. The highest BCUT2D eigenvalue weighted by Crippen LogP contribution is 2.27. The average Bonchev–Trinajstić information content (AvgIpc) is 2.52. The maximum atomic E-state index is 10.7. The number of hydrogen-bond donors (Lipinski definition) is 1. The number of carboxylic acid groups (broad SMARTS) is 1. The van der Waals surface area contributed by atoms with Crippen molar-refractivity contribution in [1.29, 1.82) is 0 Å². The lowest BCUT2D eigenvalue weighted by atomic mass is 10.1. The molecule has 1 N–H and O–H groups in total. The lowest BCUT2D eigenvalue weighted by Gasteiger charge is -2.08. The Balaban J connectivity index is 2.20. The molecule has 0 saturated heterocycles. The molecule has 0 spiro atoms. The number of aliphatic carboxylic acids is 1. The summed E-state index contributed by atoms with van der Waals surface area (Å²) >= 11 is 1.66. The molecule has 0 aliphatic rings. The van der Waals surface area contributed by atoms with Crippen molar-refractivity contribution in [2.45, 2.75) is 10.6 Å². The summed E-state index contributed by atoms with van der Waals surface area (Å²) in [5, 5.41) is 8.75. The summed E-state index contributed by atoms with van der Waals surface area (Å²) in [7, 11) is 1.61. The molecule has 1 aromatic carbocycles. The summed E-state index contributed by atoms with van der Waals surface area (Å²) in [6.07, 6.45) is 6.24. The zero-order valence-corrected chi connectivity index (χ0v) is 12.3. The monoisotopic (exact) mass is 301 g/mol. The Bertz CT molecular complexity index is 641. The first-order chi connectivity index (χ1) is 10.2. The van der Waals surface area contributed by atoms with Crippen LogP contribution in [0.3, 0.4) is 0 Å². The van der Waals surface area contributed by atoms with Gasteiger partial charge in [-0.25, -0.2) is 4.79 Å². The van der Waals surface area contributed by atoms with Crippen LogP contribution in [0.1, 0.15) is 11.1 Å². The number of thioether (sulfide) groups is 1. The van der Waals surface area contributed by atoms with E-state index >= 15 is 0 Å². The number of hydrogen-bond acceptors (Lipinski definition) is 4. The molecule has 1 heterocycles. The van der Waals surface area contributed by atoms with Gasteiger partial charge in [0.2, 0.25) is 0 Å². The van der Waals surface area contributed by atoms with Crippen LogP contribution < -0.4 is 4.74 Å². The molecule has 0 aliphatic carbocycles. The molecule has 1 aromatic heterocycles. The van der Waals surface area contributed by atoms with Crippen LogP contribution in [-0.4, -0.2) is 23.2 Å². The summed E-state index contributed by atoms with van der Waals surface area (Å²) < 4.78 is 5.23. The molecule has 108 valence electrons. The lowest BCUT2D eigenvalue weighted by Crippen LogP contribution is -1.92. The van der Waals surface area contributed by atoms with Crippen molar-refractivity contribution in [3.63, 3.8) is 0 Å². The van der Waals surface area contributed by atoms with E-state index in [-0.39, 0.29) is 0 Å².